The minimum atomic E-state index is -4.95. The first-order valence-electron chi connectivity index (χ1n) is 5.76. The zero-order chi connectivity index (χ0) is 16.5. The number of halogens is 6. The molecule has 0 atom stereocenters. The molecular formula is C13H8F6N2O. The van der Waals surface area contributed by atoms with Gasteiger partial charge in [0.2, 0.25) is 0 Å². The van der Waals surface area contributed by atoms with Gasteiger partial charge in [-0.1, -0.05) is 12.1 Å². The summed E-state index contributed by atoms with van der Waals surface area (Å²) in [6, 6.07) is 5.50. The lowest BCUT2D eigenvalue weighted by Crippen LogP contribution is -2.17. The third-order valence-corrected chi connectivity index (χ3v) is 2.61. The molecule has 2 rings (SSSR count). The molecule has 0 bridgehead atoms. The van der Waals surface area contributed by atoms with Crippen LogP contribution in [0.25, 0.3) is 11.3 Å². The van der Waals surface area contributed by atoms with Crippen molar-refractivity contribution in [1.29, 1.82) is 0 Å². The SMILES string of the molecule is Nc1cc(C(F)(F)F)cnc1-c1ccccc1OC(F)(F)F. The van der Waals surface area contributed by atoms with Crippen molar-refractivity contribution in [3.63, 3.8) is 0 Å². The molecule has 3 nitrogen and oxygen atoms in total. The summed E-state index contributed by atoms with van der Waals surface area (Å²) in [7, 11) is 0. The minimum Gasteiger partial charge on any atom is -0.405 e. The van der Waals surface area contributed by atoms with Gasteiger partial charge in [0.15, 0.2) is 0 Å². The van der Waals surface area contributed by atoms with E-state index in [9.17, 15) is 26.3 Å². The lowest BCUT2D eigenvalue weighted by Gasteiger charge is -2.14. The van der Waals surface area contributed by atoms with Gasteiger partial charge in [0.05, 0.1) is 16.9 Å². The van der Waals surface area contributed by atoms with Crippen LogP contribution in [0.4, 0.5) is 32.0 Å². The number of anilines is 1. The van der Waals surface area contributed by atoms with Crippen molar-refractivity contribution < 1.29 is 31.1 Å². The van der Waals surface area contributed by atoms with E-state index in [4.69, 9.17) is 5.73 Å². The Balaban J connectivity index is 2.49. The van der Waals surface area contributed by atoms with Crippen LogP contribution < -0.4 is 10.5 Å². The van der Waals surface area contributed by atoms with Crippen LogP contribution >= 0.6 is 0 Å². The molecular weight excluding hydrogens is 314 g/mol. The van der Waals surface area contributed by atoms with E-state index in [0.29, 0.717) is 12.3 Å². The van der Waals surface area contributed by atoms with Crippen molar-refractivity contribution in [3.05, 3.63) is 42.1 Å². The van der Waals surface area contributed by atoms with Crippen LogP contribution in [-0.4, -0.2) is 11.3 Å². The van der Waals surface area contributed by atoms with Crippen molar-refractivity contribution >= 4 is 5.69 Å². The van der Waals surface area contributed by atoms with Crippen LogP contribution in [0.5, 0.6) is 5.75 Å². The highest BCUT2D eigenvalue weighted by Crippen LogP contribution is 2.37. The second kappa shape index (κ2) is 5.39. The highest BCUT2D eigenvalue weighted by atomic mass is 19.4. The zero-order valence-electron chi connectivity index (χ0n) is 10.7. The first-order chi connectivity index (χ1) is 10.1. The standard InChI is InChI=1S/C13H8F6N2O/c14-12(15,16)7-5-9(20)11(21-6-7)8-3-1-2-4-10(8)22-13(17,18)19/h1-6H,20H2. The highest BCUT2D eigenvalue weighted by Gasteiger charge is 2.34. The summed E-state index contributed by atoms with van der Waals surface area (Å²) in [5.74, 6) is -0.603. The van der Waals surface area contributed by atoms with Gasteiger partial charge in [0, 0.05) is 11.8 Å². The van der Waals surface area contributed by atoms with Gasteiger partial charge in [-0.25, -0.2) is 0 Å². The van der Waals surface area contributed by atoms with Crippen molar-refractivity contribution in [2.45, 2.75) is 12.5 Å². The largest absolute Gasteiger partial charge is 0.573 e. The molecule has 1 heterocycles. The smallest absolute Gasteiger partial charge is 0.405 e. The second-order valence-corrected chi connectivity index (χ2v) is 4.20. The van der Waals surface area contributed by atoms with Crippen LogP contribution in [0.15, 0.2) is 36.5 Å². The van der Waals surface area contributed by atoms with E-state index >= 15 is 0 Å². The molecule has 0 aliphatic rings. The van der Waals surface area contributed by atoms with Crippen LogP contribution in [0, 0.1) is 0 Å². The fourth-order valence-corrected chi connectivity index (χ4v) is 1.74. The van der Waals surface area contributed by atoms with E-state index in [1.807, 2.05) is 0 Å². The maximum absolute atomic E-state index is 12.5. The van der Waals surface area contributed by atoms with Gasteiger partial charge < -0.3 is 10.5 Å². The van der Waals surface area contributed by atoms with E-state index in [0.717, 1.165) is 6.07 Å². The summed E-state index contributed by atoms with van der Waals surface area (Å²) < 4.78 is 78.4. The van der Waals surface area contributed by atoms with Crippen molar-refractivity contribution in [2.75, 3.05) is 5.73 Å². The van der Waals surface area contributed by atoms with E-state index < -0.39 is 29.5 Å². The summed E-state index contributed by atoms with van der Waals surface area (Å²) in [6.45, 7) is 0. The van der Waals surface area contributed by atoms with Gasteiger partial charge in [0.1, 0.15) is 5.75 Å². The first-order valence-corrected chi connectivity index (χ1v) is 5.76. The Labute approximate surface area is 120 Å². The lowest BCUT2D eigenvalue weighted by atomic mass is 10.1. The molecule has 0 spiro atoms. The Kier molecular flexibility index (Phi) is 3.90. The molecule has 0 unspecified atom stereocenters. The molecule has 0 aliphatic heterocycles. The number of benzene rings is 1. The molecule has 22 heavy (non-hydrogen) atoms. The van der Waals surface area contributed by atoms with Crippen LogP contribution in [0.2, 0.25) is 0 Å². The van der Waals surface area contributed by atoms with Gasteiger partial charge in [-0.2, -0.15) is 13.2 Å². The molecule has 1 aromatic carbocycles. The third kappa shape index (κ3) is 3.60. The number of alkyl halides is 6. The number of para-hydroxylation sites is 1. The van der Waals surface area contributed by atoms with E-state index in [2.05, 4.69) is 9.72 Å². The van der Waals surface area contributed by atoms with E-state index in [-0.39, 0.29) is 11.3 Å². The fourth-order valence-electron chi connectivity index (χ4n) is 1.74. The molecule has 0 radical (unpaired) electrons. The summed E-state index contributed by atoms with van der Waals surface area (Å²) in [4.78, 5) is 3.51. The predicted octanol–water partition coefficient (Wildman–Crippen LogP) is 4.25. The Morgan fingerprint density at radius 1 is 1.00 bits per heavy atom. The topological polar surface area (TPSA) is 48.1 Å². The number of aromatic nitrogens is 1. The van der Waals surface area contributed by atoms with E-state index in [1.165, 1.54) is 18.2 Å². The molecule has 2 aromatic rings. The van der Waals surface area contributed by atoms with Gasteiger partial charge in [-0.05, 0) is 18.2 Å². The minimum absolute atomic E-state index is 0.161. The summed E-state index contributed by atoms with van der Waals surface area (Å²) in [5.41, 5.74) is 3.59. The average molecular weight is 322 g/mol. The fraction of sp³-hybridized carbons (Fsp3) is 0.154. The Hall–Kier alpha value is -2.45. The van der Waals surface area contributed by atoms with Gasteiger partial charge in [-0.3, -0.25) is 4.98 Å². The predicted molar refractivity (Wildman–Crippen MR) is 65.8 cm³/mol. The van der Waals surface area contributed by atoms with Crippen LogP contribution in [-0.2, 0) is 6.18 Å². The quantitative estimate of drug-likeness (QED) is 0.841. The molecule has 0 amide bonds. The maximum Gasteiger partial charge on any atom is 0.573 e. The first kappa shape index (κ1) is 15.9. The second-order valence-electron chi connectivity index (χ2n) is 4.20. The number of hydrogen-bond donors (Lipinski definition) is 1. The number of rotatable bonds is 2. The average Bonchev–Trinajstić information content (AvgIpc) is 2.37. The summed E-state index contributed by atoms with van der Waals surface area (Å²) in [5, 5.41) is 0. The van der Waals surface area contributed by atoms with Gasteiger partial charge in [-0.15, -0.1) is 13.2 Å². The molecule has 0 saturated carbocycles. The Bertz CT molecular complexity index is 681. The van der Waals surface area contributed by atoms with Gasteiger partial charge in [0.25, 0.3) is 0 Å². The van der Waals surface area contributed by atoms with Crippen molar-refractivity contribution in [3.8, 4) is 17.0 Å². The molecule has 0 fully saturated rings. The molecule has 118 valence electrons. The summed E-state index contributed by atoms with van der Waals surface area (Å²) >= 11 is 0. The number of nitrogens with zero attached hydrogens (tertiary/aromatic N) is 1. The molecule has 0 aliphatic carbocycles. The van der Waals surface area contributed by atoms with Crippen molar-refractivity contribution in [2.24, 2.45) is 0 Å². The molecule has 9 heteroatoms. The highest BCUT2D eigenvalue weighted by molar-refractivity contribution is 5.77. The number of nitrogens with two attached hydrogens (primary N) is 1. The van der Waals surface area contributed by atoms with Crippen LogP contribution in [0.3, 0.4) is 0 Å². The molecule has 0 saturated heterocycles. The number of nitrogen functional groups attached to an aromatic ring is 1. The zero-order valence-corrected chi connectivity index (χ0v) is 10.7. The van der Waals surface area contributed by atoms with Crippen molar-refractivity contribution in [1.82, 2.24) is 4.98 Å². The number of pyridine rings is 1. The maximum atomic E-state index is 12.5. The normalized spacial score (nSPS) is 12.3. The molecule has 1 aromatic heterocycles. The number of hydrogen-bond acceptors (Lipinski definition) is 3. The molecule has 2 N–H and O–H groups in total. The Morgan fingerprint density at radius 2 is 1.64 bits per heavy atom. The third-order valence-electron chi connectivity index (χ3n) is 2.61. The van der Waals surface area contributed by atoms with Crippen LogP contribution in [0.1, 0.15) is 5.56 Å². The number of ether oxygens (including phenoxy) is 1. The Morgan fingerprint density at radius 3 is 2.18 bits per heavy atom. The monoisotopic (exact) mass is 322 g/mol. The van der Waals surface area contributed by atoms with Gasteiger partial charge >= 0.3 is 12.5 Å². The van der Waals surface area contributed by atoms with E-state index in [1.54, 1.807) is 0 Å². The summed E-state index contributed by atoms with van der Waals surface area (Å²) in [6.07, 6.45) is -9.10. The lowest BCUT2D eigenvalue weighted by molar-refractivity contribution is -0.274.